The fourth-order valence-electron chi connectivity index (χ4n) is 1.60. The highest BCUT2D eigenvalue weighted by Crippen LogP contribution is 2.30. The molecule has 1 aromatic carbocycles. The molecule has 96 valence electrons. The van der Waals surface area contributed by atoms with Crippen LogP contribution in [0.5, 0.6) is 0 Å². The van der Waals surface area contributed by atoms with Crippen molar-refractivity contribution in [2.75, 3.05) is 11.9 Å². The quantitative estimate of drug-likeness (QED) is 0.858. The van der Waals surface area contributed by atoms with Gasteiger partial charge in [0.2, 0.25) is 0 Å². The Hall–Kier alpha value is -0.620. The Morgan fingerprint density at radius 3 is 2.72 bits per heavy atom. The number of nitrogens with two attached hydrogens (primary N) is 1. The van der Waals surface area contributed by atoms with Crippen LogP contribution >= 0.6 is 38.9 Å². The smallest absolute Gasteiger partial charge is 0.126 e. The van der Waals surface area contributed by atoms with Crippen molar-refractivity contribution >= 4 is 44.6 Å². The number of rotatable bonds is 4. The second-order valence-corrected chi connectivity index (χ2v) is 6.66. The summed E-state index contributed by atoms with van der Waals surface area (Å²) in [4.78, 5) is 1.09. The van der Waals surface area contributed by atoms with Crippen molar-refractivity contribution in [3.8, 4) is 0 Å². The molecule has 0 saturated heterocycles. The molecule has 1 unspecified atom stereocenters. The molecular formula is C12H11BrClFN2S. The Bertz CT molecular complexity index is 526. The van der Waals surface area contributed by atoms with Crippen molar-refractivity contribution in [2.24, 2.45) is 5.73 Å². The van der Waals surface area contributed by atoms with Gasteiger partial charge in [0.15, 0.2) is 0 Å². The number of halogens is 3. The SMILES string of the molecule is NCC(Nc1cc(F)cc(Cl)c1)c1ccc(Br)s1. The van der Waals surface area contributed by atoms with Crippen LogP contribution in [0, 0.1) is 5.82 Å². The molecule has 0 aliphatic rings. The van der Waals surface area contributed by atoms with E-state index in [0.717, 1.165) is 8.66 Å². The van der Waals surface area contributed by atoms with E-state index in [1.807, 2.05) is 12.1 Å². The minimum atomic E-state index is -0.367. The summed E-state index contributed by atoms with van der Waals surface area (Å²) in [6.07, 6.45) is 0. The maximum absolute atomic E-state index is 13.2. The average molecular weight is 350 g/mol. The number of anilines is 1. The third-order valence-corrected chi connectivity index (χ3v) is 4.33. The van der Waals surface area contributed by atoms with Crippen LogP contribution in [0.15, 0.2) is 34.1 Å². The lowest BCUT2D eigenvalue weighted by Gasteiger charge is -2.17. The highest BCUT2D eigenvalue weighted by atomic mass is 79.9. The summed E-state index contributed by atoms with van der Waals surface area (Å²) in [5, 5.41) is 3.54. The molecule has 6 heteroatoms. The van der Waals surface area contributed by atoms with Gasteiger partial charge in [0.1, 0.15) is 5.82 Å². The lowest BCUT2D eigenvalue weighted by molar-refractivity contribution is 0.628. The lowest BCUT2D eigenvalue weighted by atomic mass is 10.2. The molecule has 2 rings (SSSR count). The van der Waals surface area contributed by atoms with Crippen LogP contribution in [-0.2, 0) is 0 Å². The van der Waals surface area contributed by atoms with Crippen molar-refractivity contribution in [3.63, 3.8) is 0 Å². The number of thiophene rings is 1. The van der Waals surface area contributed by atoms with Crippen LogP contribution in [0.3, 0.4) is 0 Å². The molecule has 1 atom stereocenters. The molecule has 0 radical (unpaired) electrons. The van der Waals surface area contributed by atoms with E-state index in [-0.39, 0.29) is 11.9 Å². The molecule has 0 fully saturated rings. The van der Waals surface area contributed by atoms with Crippen molar-refractivity contribution in [1.29, 1.82) is 0 Å². The van der Waals surface area contributed by atoms with Gasteiger partial charge in [-0.1, -0.05) is 11.6 Å². The molecule has 2 nitrogen and oxygen atoms in total. The Morgan fingerprint density at radius 2 is 2.17 bits per heavy atom. The second kappa shape index (κ2) is 6.02. The Balaban J connectivity index is 2.20. The zero-order chi connectivity index (χ0) is 13.1. The molecule has 1 heterocycles. The van der Waals surface area contributed by atoms with Gasteiger partial charge in [0.05, 0.1) is 9.83 Å². The topological polar surface area (TPSA) is 38.0 Å². The first-order chi connectivity index (χ1) is 8.58. The average Bonchev–Trinajstić information content (AvgIpc) is 2.71. The summed E-state index contributed by atoms with van der Waals surface area (Å²) >= 11 is 10.8. The van der Waals surface area contributed by atoms with Gasteiger partial charge >= 0.3 is 0 Å². The van der Waals surface area contributed by atoms with E-state index in [1.165, 1.54) is 12.1 Å². The van der Waals surface area contributed by atoms with Gasteiger partial charge in [-0.15, -0.1) is 11.3 Å². The van der Waals surface area contributed by atoms with Crippen LogP contribution in [0.4, 0.5) is 10.1 Å². The highest BCUT2D eigenvalue weighted by Gasteiger charge is 2.12. The van der Waals surface area contributed by atoms with E-state index < -0.39 is 0 Å². The molecule has 0 aliphatic heterocycles. The normalized spacial score (nSPS) is 12.4. The molecule has 0 spiro atoms. The summed E-state index contributed by atoms with van der Waals surface area (Å²) in [6.45, 7) is 0.418. The zero-order valence-corrected chi connectivity index (χ0v) is 12.4. The van der Waals surface area contributed by atoms with E-state index in [0.29, 0.717) is 17.3 Å². The molecule has 18 heavy (non-hydrogen) atoms. The van der Waals surface area contributed by atoms with Crippen LogP contribution in [0.25, 0.3) is 0 Å². The molecule has 3 N–H and O–H groups in total. The molecule has 2 aromatic rings. The third kappa shape index (κ3) is 3.45. The van der Waals surface area contributed by atoms with E-state index in [9.17, 15) is 4.39 Å². The second-order valence-electron chi connectivity index (χ2n) is 3.73. The number of benzene rings is 1. The Kier molecular flexibility index (Phi) is 4.61. The Labute approximate surface area is 122 Å². The van der Waals surface area contributed by atoms with Crippen molar-refractivity contribution in [2.45, 2.75) is 6.04 Å². The summed E-state index contributed by atoms with van der Waals surface area (Å²) < 4.78 is 14.3. The van der Waals surface area contributed by atoms with Gasteiger partial charge < -0.3 is 11.1 Å². The first kappa shape index (κ1) is 13.8. The maximum atomic E-state index is 13.2. The predicted octanol–water partition coefficient (Wildman–Crippen LogP) is 4.42. The predicted molar refractivity (Wildman–Crippen MR) is 78.8 cm³/mol. The zero-order valence-electron chi connectivity index (χ0n) is 9.29. The monoisotopic (exact) mass is 348 g/mol. The van der Waals surface area contributed by atoms with Crippen LogP contribution in [0.2, 0.25) is 5.02 Å². The maximum Gasteiger partial charge on any atom is 0.126 e. The van der Waals surface area contributed by atoms with Crippen LogP contribution in [0.1, 0.15) is 10.9 Å². The summed E-state index contributed by atoms with van der Waals surface area (Å²) in [5.74, 6) is -0.367. The van der Waals surface area contributed by atoms with E-state index >= 15 is 0 Å². The molecule has 1 aromatic heterocycles. The molecule has 0 bridgehead atoms. The minimum absolute atomic E-state index is 0.0563. The van der Waals surface area contributed by atoms with Gasteiger partial charge in [-0.2, -0.15) is 0 Å². The van der Waals surface area contributed by atoms with Gasteiger partial charge in [-0.3, -0.25) is 0 Å². The summed E-state index contributed by atoms with van der Waals surface area (Å²) in [7, 11) is 0. The molecule has 0 saturated carbocycles. The number of hydrogen-bond acceptors (Lipinski definition) is 3. The first-order valence-electron chi connectivity index (χ1n) is 5.26. The summed E-state index contributed by atoms with van der Waals surface area (Å²) in [5.41, 5.74) is 6.37. The van der Waals surface area contributed by atoms with E-state index in [1.54, 1.807) is 17.4 Å². The van der Waals surface area contributed by atoms with Crippen molar-refractivity contribution in [1.82, 2.24) is 0 Å². The van der Waals surface area contributed by atoms with Gasteiger partial charge in [-0.25, -0.2) is 4.39 Å². The summed E-state index contributed by atoms with van der Waals surface area (Å²) in [6, 6.07) is 8.24. The van der Waals surface area contributed by atoms with Crippen LogP contribution < -0.4 is 11.1 Å². The Morgan fingerprint density at radius 1 is 1.39 bits per heavy atom. The fourth-order valence-corrected chi connectivity index (χ4v) is 3.31. The number of nitrogens with one attached hydrogen (secondary N) is 1. The lowest BCUT2D eigenvalue weighted by Crippen LogP contribution is -2.19. The largest absolute Gasteiger partial charge is 0.376 e. The van der Waals surface area contributed by atoms with Crippen molar-refractivity contribution in [3.05, 3.63) is 49.8 Å². The molecular weight excluding hydrogens is 339 g/mol. The molecule has 0 amide bonds. The molecule has 0 aliphatic carbocycles. The van der Waals surface area contributed by atoms with Gasteiger partial charge in [0, 0.05) is 22.1 Å². The van der Waals surface area contributed by atoms with Gasteiger partial charge in [0.25, 0.3) is 0 Å². The third-order valence-electron chi connectivity index (χ3n) is 2.38. The standard InChI is InChI=1S/C12H11BrClFN2S/c13-12-2-1-11(18-12)10(6-16)17-9-4-7(14)3-8(15)5-9/h1-5,10,17H,6,16H2. The van der Waals surface area contributed by atoms with Crippen molar-refractivity contribution < 1.29 is 4.39 Å². The highest BCUT2D eigenvalue weighted by molar-refractivity contribution is 9.11. The van der Waals surface area contributed by atoms with E-state index in [2.05, 4.69) is 21.2 Å². The fraction of sp³-hybridized carbons (Fsp3) is 0.167. The minimum Gasteiger partial charge on any atom is -0.376 e. The van der Waals surface area contributed by atoms with Crippen LogP contribution in [-0.4, -0.2) is 6.54 Å². The van der Waals surface area contributed by atoms with E-state index in [4.69, 9.17) is 17.3 Å². The van der Waals surface area contributed by atoms with Gasteiger partial charge in [-0.05, 0) is 46.3 Å². The first-order valence-corrected chi connectivity index (χ1v) is 7.25. The number of hydrogen-bond donors (Lipinski definition) is 2.